The SMILES string of the molecule is O=C(NC1(C(=O)O)CCSC1)c1cccc(OCC(F)(F)F)n1. The standard InChI is InChI=1S/C13H13F3N2O4S/c14-13(15,16)6-22-9-3-1-2-8(17-9)10(19)18-12(11(20)21)4-5-23-7-12/h1-3H,4-7H2,(H,18,19)(H,20,21). The fourth-order valence-electron chi connectivity index (χ4n) is 1.94. The normalized spacial score (nSPS) is 21.0. The Hall–Kier alpha value is -1.97. The van der Waals surface area contributed by atoms with Crippen LogP contribution in [-0.2, 0) is 4.79 Å². The first-order valence-corrected chi connectivity index (χ1v) is 7.68. The highest BCUT2D eigenvalue weighted by atomic mass is 32.2. The number of carbonyl (C=O) groups excluding carboxylic acids is 1. The number of rotatable bonds is 5. The van der Waals surface area contributed by atoms with Gasteiger partial charge >= 0.3 is 12.1 Å². The number of carboxylic acid groups (broad SMARTS) is 1. The number of carboxylic acids is 1. The number of aromatic nitrogens is 1. The molecule has 23 heavy (non-hydrogen) atoms. The number of thioether (sulfide) groups is 1. The summed E-state index contributed by atoms with van der Waals surface area (Å²) in [5.41, 5.74) is -1.59. The highest BCUT2D eigenvalue weighted by Crippen LogP contribution is 2.28. The zero-order chi connectivity index (χ0) is 17.1. The maximum absolute atomic E-state index is 12.1. The molecule has 0 saturated carbocycles. The van der Waals surface area contributed by atoms with Crippen LogP contribution in [0.4, 0.5) is 13.2 Å². The van der Waals surface area contributed by atoms with E-state index in [1.54, 1.807) is 0 Å². The van der Waals surface area contributed by atoms with Gasteiger partial charge in [-0.3, -0.25) is 4.79 Å². The summed E-state index contributed by atoms with van der Waals surface area (Å²) < 4.78 is 40.8. The van der Waals surface area contributed by atoms with Crippen LogP contribution in [0.5, 0.6) is 5.88 Å². The minimum Gasteiger partial charge on any atom is -0.479 e. The highest BCUT2D eigenvalue weighted by Gasteiger charge is 2.43. The minimum absolute atomic E-state index is 0.206. The Morgan fingerprint density at radius 1 is 1.43 bits per heavy atom. The van der Waals surface area contributed by atoms with Crippen molar-refractivity contribution in [2.75, 3.05) is 18.1 Å². The monoisotopic (exact) mass is 350 g/mol. The molecule has 1 aliphatic rings. The van der Waals surface area contributed by atoms with Gasteiger partial charge in [-0.1, -0.05) is 6.07 Å². The Morgan fingerprint density at radius 2 is 2.17 bits per heavy atom. The van der Waals surface area contributed by atoms with Gasteiger partial charge in [0.2, 0.25) is 5.88 Å². The van der Waals surface area contributed by atoms with Gasteiger partial charge in [0.25, 0.3) is 5.91 Å². The van der Waals surface area contributed by atoms with Crippen molar-refractivity contribution in [2.45, 2.75) is 18.1 Å². The van der Waals surface area contributed by atoms with Crippen molar-refractivity contribution in [2.24, 2.45) is 0 Å². The van der Waals surface area contributed by atoms with Crippen molar-refractivity contribution in [3.05, 3.63) is 23.9 Å². The maximum Gasteiger partial charge on any atom is 0.422 e. The summed E-state index contributed by atoms with van der Waals surface area (Å²) in [5.74, 6) is -1.47. The van der Waals surface area contributed by atoms with Crippen LogP contribution in [-0.4, -0.2) is 51.8 Å². The molecular formula is C13H13F3N2O4S. The van der Waals surface area contributed by atoms with Crippen molar-refractivity contribution in [1.82, 2.24) is 10.3 Å². The molecular weight excluding hydrogens is 337 g/mol. The molecule has 0 radical (unpaired) electrons. The number of nitrogens with one attached hydrogen (secondary N) is 1. The van der Waals surface area contributed by atoms with E-state index in [-0.39, 0.29) is 23.7 Å². The van der Waals surface area contributed by atoms with Crippen LogP contribution >= 0.6 is 11.8 Å². The Balaban J connectivity index is 2.09. The van der Waals surface area contributed by atoms with Crippen molar-refractivity contribution in [1.29, 1.82) is 0 Å². The summed E-state index contributed by atoms with van der Waals surface area (Å²) in [6.45, 7) is -1.53. The molecule has 2 heterocycles. The molecule has 1 aromatic rings. The van der Waals surface area contributed by atoms with Crippen molar-refractivity contribution >= 4 is 23.6 Å². The minimum atomic E-state index is -4.52. The molecule has 6 nitrogen and oxygen atoms in total. The fraction of sp³-hybridized carbons (Fsp3) is 0.462. The molecule has 126 valence electrons. The number of aliphatic carboxylic acids is 1. The molecule has 0 bridgehead atoms. The zero-order valence-electron chi connectivity index (χ0n) is 11.7. The van der Waals surface area contributed by atoms with Gasteiger partial charge in [0.05, 0.1) is 0 Å². The van der Waals surface area contributed by atoms with E-state index in [4.69, 9.17) is 0 Å². The summed E-state index contributed by atoms with van der Waals surface area (Å²) in [7, 11) is 0. The smallest absolute Gasteiger partial charge is 0.422 e. The molecule has 1 aromatic heterocycles. The summed E-state index contributed by atoms with van der Waals surface area (Å²) in [6.07, 6.45) is -4.25. The van der Waals surface area contributed by atoms with Crippen LogP contribution in [0.15, 0.2) is 18.2 Å². The molecule has 1 atom stereocenters. The lowest BCUT2D eigenvalue weighted by Gasteiger charge is -2.24. The van der Waals surface area contributed by atoms with Crippen molar-refractivity contribution < 1.29 is 32.6 Å². The van der Waals surface area contributed by atoms with Gasteiger partial charge in [0, 0.05) is 11.8 Å². The number of hydrogen-bond acceptors (Lipinski definition) is 5. The number of carbonyl (C=O) groups is 2. The van der Waals surface area contributed by atoms with Gasteiger partial charge in [0.1, 0.15) is 11.2 Å². The molecule has 0 aromatic carbocycles. The summed E-state index contributed by atoms with van der Waals surface area (Å²) in [4.78, 5) is 27.2. The van der Waals surface area contributed by atoms with E-state index in [1.807, 2.05) is 0 Å². The van der Waals surface area contributed by atoms with Gasteiger partial charge in [0.15, 0.2) is 6.61 Å². The number of alkyl halides is 3. The Labute approximate surface area is 133 Å². The van der Waals surface area contributed by atoms with E-state index < -0.39 is 30.2 Å². The first kappa shape index (κ1) is 17.4. The van der Waals surface area contributed by atoms with Crippen molar-refractivity contribution in [3.8, 4) is 5.88 Å². The van der Waals surface area contributed by atoms with E-state index >= 15 is 0 Å². The zero-order valence-corrected chi connectivity index (χ0v) is 12.5. The van der Waals surface area contributed by atoms with Gasteiger partial charge in [-0.05, 0) is 18.2 Å². The van der Waals surface area contributed by atoms with E-state index in [9.17, 15) is 27.9 Å². The quantitative estimate of drug-likeness (QED) is 0.841. The van der Waals surface area contributed by atoms with Gasteiger partial charge in [-0.2, -0.15) is 24.9 Å². The molecule has 0 aliphatic carbocycles. The lowest BCUT2D eigenvalue weighted by Crippen LogP contribution is -2.54. The van der Waals surface area contributed by atoms with E-state index in [2.05, 4.69) is 15.0 Å². The van der Waals surface area contributed by atoms with Gasteiger partial charge in [-0.15, -0.1) is 0 Å². The molecule has 1 amide bonds. The third-order valence-electron chi connectivity index (χ3n) is 3.12. The second-order valence-electron chi connectivity index (χ2n) is 4.91. The number of nitrogens with zero attached hydrogens (tertiary/aromatic N) is 1. The topological polar surface area (TPSA) is 88.5 Å². The molecule has 0 spiro atoms. The van der Waals surface area contributed by atoms with Crippen LogP contribution in [0.2, 0.25) is 0 Å². The average Bonchev–Trinajstić information content (AvgIpc) is 2.94. The van der Waals surface area contributed by atoms with Gasteiger partial charge < -0.3 is 15.2 Å². The highest BCUT2D eigenvalue weighted by molar-refractivity contribution is 7.99. The first-order valence-electron chi connectivity index (χ1n) is 6.52. The number of halogens is 3. The molecule has 2 N–H and O–H groups in total. The van der Waals surface area contributed by atoms with E-state index in [1.165, 1.54) is 30.0 Å². The third kappa shape index (κ3) is 4.50. The van der Waals surface area contributed by atoms with Crippen LogP contribution in [0.25, 0.3) is 0 Å². The van der Waals surface area contributed by atoms with Crippen LogP contribution in [0.1, 0.15) is 16.9 Å². The number of hydrogen-bond donors (Lipinski definition) is 2. The molecule has 1 fully saturated rings. The first-order chi connectivity index (χ1) is 10.7. The molecule has 2 rings (SSSR count). The second-order valence-corrected chi connectivity index (χ2v) is 6.01. The summed E-state index contributed by atoms with van der Waals surface area (Å²) in [6, 6.07) is 3.76. The molecule has 10 heteroatoms. The van der Waals surface area contributed by atoms with Crippen molar-refractivity contribution in [3.63, 3.8) is 0 Å². The van der Waals surface area contributed by atoms with Crippen LogP contribution in [0, 0.1) is 0 Å². The summed E-state index contributed by atoms with van der Waals surface area (Å²) >= 11 is 1.39. The van der Waals surface area contributed by atoms with E-state index in [0.29, 0.717) is 5.75 Å². The molecule has 1 aliphatic heterocycles. The third-order valence-corrected chi connectivity index (χ3v) is 4.31. The van der Waals surface area contributed by atoms with Gasteiger partial charge in [-0.25, -0.2) is 9.78 Å². The fourth-order valence-corrected chi connectivity index (χ4v) is 3.27. The van der Waals surface area contributed by atoms with Crippen LogP contribution < -0.4 is 10.1 Å². The predicted molar refractivity (Wildman–Crippen MR) is 75.6 cm³/mol. The van der Waals surface area contributed by atoms with Crippen LogP contribution in [0.3, 0.4) is 0 Å². The average molecular weight is 350 g/mol. The largest absolute Gasteiger partial charge is 0.479 e. The van der Waals surface area contributed by atoms with E-state index in [0.717, 1.165) is 0 Å². The number of amides is 1. The second kappa shape index (κ2) is 6.65. The molecule has 1 saturated heterocycles. The maximum atomic E-state index is 12.1. The Kier molecular flexibility index (Phi) is 5.03. The Morgan fingerprint density at radius 3 is 2.74 bits per heavy atom. The lowest BCUT2D eigenvalue weighted by atomic mass is 9.99. The predicted octanol–water partition coefficient (Wildman–Crippen LogP) is 1.71. The lowest BCUT2D eigenvalue weighted by molar-refractivity contribution is -0.154. The molecule has 1 unspecified atom stereocenters. The summed E-state index contributed by atoms with van der Waals surface area (Å²) in [5, 5.41) is 11.7. The Bertz CT molecular complexity index is 603. The number of pyridine rings is 1. The number of ether oxygens (including phenoxy) is 1.